The average Bonchev–Trinajstić information content (AvgIpc) is 3.10. The highest BCUT2D eigenvalue weighted by atomic mass is 79.9. The second-order valence-electron chi connectivity index (χ2n) is 5.82. The zero-order chi connectivity index (χ0) is 18.7. The van der Waals surface area contributed by atoms with Crippen LogP contribution in [-0.4, -0.2) is 43.8 Å². The topological polar surface area (TPSA) is 88.6 Å². The van der Waals surface area contributed by atoms with E-state index in [2.05, 4.69) is 26.2 Å². The first-order valence-corrected chi connectivity index (χ1v) is 11.0. The molecule has 0 unspecified atom stereocenters. The van der Waals surface area contributed by atoms with Gasteiger partial charge in [0, 0.05) is 25.1 Å². The number of halogens is 1. The highest BCUT2D eigenvalue weighted by molar-refractivity contribution is 9.11. The predicted molar refractivity (Wildman–Crippen MR) is 103 cm³/mol. The number of pyridine rings is 1. The lowest BCUT2D eigenvalue weighted by atomic mass is 9.97. The lowest BCUT2D eigenvalue weighted by molar-refractivity contribution is -0.120. The summed E-state index contributed by atoms with van der Waals surface area (Å²) in [7, 11) is -1.97. The van der Waals surface area contributed by atoms with Gasteiger partial charge >= 0.3 is 0 Å². The lowest BCUT2D eigenvalue weighted by Crippen LogP contribution is -2.41. The molecule has 0 aromatic carbocycles. The molecule has 3 rings (SSSR count). The molecule has 1 amide bonds. The van der Waals surface area contributed by atoms with Crippen molar-refractivity contribution in [1.29, 1.82) is 0 Å². The molecule has 1 aliphatic heterocycles. The number of methoxy groups -OCH3 is 1. The van der Waals surface area contributed by atoms with Crippen molar-refractivity contribution in [3.05, 3.63) is 34.2 Å². The van der Waals surface area contributed by atoms with Crippen molar-refractivity contribution in [2.45, 2.75) is 17.1 Å². The number of anilines is 1. The number of nitrogens with zero attached hydrogens (tertiary/aromatic N) is 2. The van der Waals surface area contributed by atoms with E-state index in [9.17, 15) is 13.2 Å². The first kappa shape index (κ1) is 19.3. The molecule has 1 N–H and O–H groups in total. The standard InChI is InChI=1S/C16H18BrN3O4S2/c1-24-14-4-2-12(10-18-14)19-16(21)11-6-8-20(9-7-11)26(22,23)15-5-3-13(17)25-15/h2-5,10-11H,6-9H2,1H3,(H,19,21). The third-order valence-corrected chi connectivity index (χ3v) is 8.17. The smallest absolute Gasteiger partial charge is 0.252 e. The number of carbonyl (C=O) groups is 1. The van der Waals surface area contributed by atoms with E-state index in [1.165, 1.54) is 28.9 Å². The molecular formula is C16H18BrN3O4S2. The van der Waals surface area contributed by atoms with Crippen molar-refractivity contribution in [2.75, 3.05) is 25.5 Å². The molecule has 0 saturated carbocycles. The number of thiophene rings is 1. The van der Waals surface area contributed by atoms with E-state index in [-0.39, 0.29) is 11.8 Å². The van der Waals surface area contributed by atoms with Crippen molar-refractivity contribution in [3.63, 3.8) is 0 Å². The Hall–Kier alpha value is -1.49. The van der Waals surface area contributed by atoms with Crippen LogP contribution in [0.1, 0.15) is 12.8 Å². The monoisotopic (exact) mass is 459 g/mol. The molecule has 0 aliphatic carbocycles. The maximum absolute atomic E-state index is 12.6. The van der Waals surface area contributed by atoms with Crippen molar-refractivity contribution in [3.8, 4) is 5.88 Å². The molecule has 26 heavy (non-hydrogen) atoms. The quantitative estimate of drug-likeness (QED) is 0.742. The summed E-state index contributed by atoms with van der Waals surface area (Å²) in [5.74, 6) is 0.133. The number of carbonyl (C=O) groups excluding carboxylic acids is 1. The van der Waals surface area contributed by atoms with E-state index >= 15 is 0 Å². The zero-order valence-corrected chi connectivity index (χ0v) is 17.2. The third kappa shape index (κ3) is 4.25. The van der Waals surface area contributed by atoms with Crippen LogP contribution >= 0.6 is 27.3 Å². The van der Waals surface area contributed by atoms with Crippen molar-refractivity contribution in [2.24, 2.45) is 5.92 Å². The van der Waals surface area contributed by atoms with Gasteiger partial charge in [-0.05, 0) is 47.0 Å². The minimum absolute atomic E-state index is 0.118. The molecule has 2 aromatic rings. The summed E-state index contributed by atoms with van der Waals surface area (Å²) in [5, 5.41) is 2.82. The fraction of sp³-hybridized carbons (Fsp3) is 0.375. The number of nitrogens with one attached hydrogen (secondary N) is 1. The summed E-state index contributed by atoms with van der Waals surface area (Å²) >= 11 is 4.48. The average molecular weight is 460 g/mol. The van der Waals surface area contributed by atoms with Gasteiger partial charge in [-0.1, -0.05) is 0 Å². The van der Waals surface area contributed by atoms with E-state index in [1.807, 2.05) is 0 Å². The van der Waals surface area contributed by atoms with Crippen molar-refractivity contribution in [1.82, 2.24) is 9.29 Å². The molecule has 2 aromatic heterocycles. The number of sulfonamides is 1. The van der Waals surface area contributed by atoms with Crippen LogP contribution in [0.15, 0.2) is 38.5 Å². The van der Waals surface area contributed by atoms with Crippen LogP contribution in [0, 0.1) is 5.92 Å². The fourth-order valence-corrected chi connectivity index (χ4v) is 6.38. The van der Waals surface area contributed by atoms with E-state index in [1.54, 1.807) is 24.3 Å². The van der Waals surface area contributed by atoms with Crippen LogP contribution in [0.25, 0.3) is 0 Å². The third-order valence-electron chi connectivity index (χ3n) is 4.18. The zero-order valence-electron chi connectivity index (χ0n) is 14.0. The van der Waals surface area contributed by atoms with E-state index in [4.69, 9.17) is 4.74 Å². The van der Waals surface area contributed by atoms with Gasteiger partial charge in [0.05, 0.1) is 22.8 Å². The van der Waals surface area contributed by atoms with Crippen LogP contribution < -0.4 is 10.1 Å². The Bertz CT molecular complexity index is 875. The summed E-state index contributed by atoms with van der Waals surface area (Å²) in [6.45, 7) is 0.660. The predicted octanol–water partition coefficient (Wildman–Crippen LogP) is 2.95. The maximum Gasteiger partial charge on any atom is 0.252 e. The van der Waals surface area contributed by atoms with Gasteiger partial charge < -0.3 is 10.1 Å². The van der Waals surface area contributed by atoms with Gasteiger partial charge in [0.2, 0.25) is 11.8 Å². The number of rotatable bonds is 5. The highest BCUT2D eigenvalue weighted by Gasteiger charge is 2.32. The van der Waals surface area contributed by atoms with Gasteiger partial charge in [-0.2, -0.15) is 4.31 Å². The minimum Gasteiger partial charge on any atom is -0.481 e. The van der Waals surface area contributed by atoms with Crippen LogP contribution in [0.4, 0.5) is 5.69 Å². The van der Waals surface area contributed by atoms with Crippen LogP contribution in [0.3, 0.4) is 0 Å². The van der Waals surface area contributed by atoms with Crippen molar-refractivity contribution < 1.29 is 17.9 Å². The van der Waals surface area contributed by atoms with E-state index in [0.29, 0.717) is 41.7 Å². The van der Waals surface area contributed by atoms with E-state index in [0.717, 1.165) is 3.79 Å². The van der Waals surface area contributed by atoms with Gasteiger partial charge in [0.15, 0.2) is 0 Å². The van der Waals surface area contributed by atoms with E-state index < -0.39 is 10.0 Å². The molecule has 140 valence electrons. The van der Waals surface area contributed by atoms with Gasteiger partial charge in [-0.25, -0.2) is 13.4 Å². The summed E-state index contributed by atoms with van der Waals surface area (Å²) in [4.78, 5) is 16.5. The number of hydrogen-bond acceptors (Lipinski definition) is 6. The second-order valence-corrected chi connectivity index (χ2v) is 10.4. The number of aromatic nitrogens is 1. The largest absolute Gasteiger partial charge is 0.481 e. The first-order valence-electron chi connectivity index (χ1n) is 7.96. The number of ether oxygens (including phenoxy) is 1. The number of hydrogen-bond donors (Lipinski definition) is 1. The minimum atomic E-state index is -3.49. The lowest BCUT2D eigenvalue weighted by Gasteiger charge is -2.30. The molecule has 0 bridgehead atoms. The summed E-state index contributed by atoms with van der Waals surface area (Å²) in [5.41, 5.74) is 0.592. The molecule has 1 aliphatic rings. The first-order chi connectivity index (χ1) is 12.4. The van der Waals surface area contributed by atoms with Crippen LogP contribution in [-0.2, 0) is 14.8 Å². The molecule has 0 radical (unpaired) electrons. The Balaban J connectivity index is 1.58. The SMILES string of the molecule is COc1ccc(NC(=O)C2CCN(S(=O)(=O)c3ccc(Br)s3)CC2)cn1. The van der Waals surface area contributed by atoms with Gasteiger partial charge in [-0.15, -0.1) is 11.3 Å². The molecule has 10 heteroatoms. The summed E-state index contributed by atoms with van der Waals surface area (Å²) in [6, 6.07) is 6.71. The Morgan fingerprint density at radius 2 is 2.04 bits per heavy atom. The highest BCUT2D eigenvalue weighted by Crippen LogP contribution is 2.31. The summed E-state index contributed by atoms with van der Waals surface area (Å²) < 4.78 is 32.8. The van der Waals surface area contributed by atoms with Gasteiger partial charge in [0.1, 0.15) is 4.21 Å². The normalized spacial score (nSPS) is 16.4. The Labute approximate surface area is 164 Å². The van der Waals surface area contributed by atoms with Gasteiger partial charge in [0.25, 0.3) is 10.0 Å². The number of amides is 1. The second kappa shape index (κ2) is 8.03. The van der Waals surface area contributed by atoms with Crippen molar-refractivity contribution >= 4 is 48.9 Å². The molecule has 3 heterocycles. The molecule has 1 saturated heterocycles. The molecule has 0 spiro atoms. The molecular weight excluding hydrogens is 442 g/mol. The van der Waals surface area contributed by atoms with Gasteiger partial charge in [-0.3, -0.25) is 4.79 Å². The Morgan fingerprint density at radius 1 is 1.31 bits per heavy atom. The Kier molecular flexibility index (Phi) is 5.96. The summed E-state index contributed by atoms with van der Waals surface area (Å²) in [6.07, 6.45) is 2.51. The number of piperidine rings is 1. The van der Waals surface area contributed by atoms with Crippen LogP contribution in [0.2, 0.25) is 0 Å². The molecule has 1 fully saturated rings. The Morgan fingerprint density at radius 3 is 2.58 bits per heavy atom. The maximum atomic E-state index is 12.6. The molecule has 0 atom stereocenters. The van der Waals surface area contributed by atoms with Crippen LogP contribution in [0.5, 0.6) is 5.88 Å². The fourth-order valence-electron chi connectivity index (χ4n) is 2.74. The molecule has 7 nitrogen and oxygen atoms in total.